The maximum atomic E-state index is 12.3. The summed E-state index contributed by atoms with van der Waals surface area (Å²) < 4.78 is 7.16. The lowest BCUT2D eigenvalue weighted by Crippen LogP contribution is -2.09. The third kappa shape index (κ3) is 4.32. The van der Waals surface area contributed by atoms with Crippen LogP contribution in [-0.2, 0) is 11.3 Å². The SMILES string of the molecule is COCCn1c(SCC(=O)c2ccccc2)nnc1-c1ccncc1. The van der Waals surface area contributed by atoms with Crippen molar-refractivity contribution >= 4 is 17.5 Å². The zero-order valence-electron chi connectivity index (χ0n) is 13.8. The number of nitrogens with zero attached hydrogens (tertiary/aromatic N) is 4. The van der Waals surface area contributed by atoms with Gasteiger partial charge in [0.15, 0.2) is 16.8 Å². The number of hydrogen-bond acceptors (Lipinski definition) is 6. The van der Waals surface area contributed by atoms with Gasteiger partial charge in [-0.2, -0.15) is 0 Å². The van der Waals surface area contributed by atoms with E-state index in [-0.39, 0.29) is 5.78 Å². The van der Waals surface area contributed by atoms with E-state index >= 15 is 0 Å². The maximum absolute atomic E-state index is 12.3. The van der Waals surface area contributed by atoms with Crippen LogP contribution >= 0.6 is 11.8 Å². The van der Waals surface area contributed by atoms with E-state index < -0.39 is 0 Å². The number of benzene rings is 1. The number of ketones is 1. The number of methoxy groups -OCH3 is 1. The molecule has 128 valence electrons. The molecule has 0 N–H and O–H groups in total. The minimum absolute atomic E-state index is 0.0670. The average Bonchev–Trinajstić information content (AvgIpc) is 3.08. The summed E-state index contributed by atoms with van der Waals surface area (Å²) in [4.78, 5) is 16.3. The first-order valence-electron chi connectivity index (χ1n) is 7.83. The lowest BCUT2D eigenvalue weighted by atomic mass is 10.2. The second-order valence-corrected chi connectivity index (χ2v) is 6.21. The van der Waals surface area contributed by atoms with Gasteiger partial charge in [0.25, 0.3) is 0 Å². The Hall–Kier alpha value is -2.51. The molecule has 2 heterocycles. The van der Waals surface area contributed by atoms with E-state index in [1.54, 1.807) is 19.5 Å². The van der Waals surface area contributed by atoms with Gasteiger partial charge in [0.05, 0.1) is 18.9 Å². The summed E-state index contributed by atoms with van der Waals surface area (Å²) >= 11 is 1.38. The number of carbonyl (C=O) groups is 1. The number of carbonyl (C=O) groups excluding carboxylic acids is 1. The normalized spacial score (nSPS) is 10.8. The number of Topliss-reactive ketones (excluding diaryl/α,β-unsaturated/α-hetero) is 1. The molecular formula is C18H18N4O2S. The van der Waals surface area contributed by atoms with Crippen LogP contribution in [0.3, 0.4) is 0 Å². The summed E-state index contributed by atoms with van der Waals surface area (Å²) in [7, 11) is 1.65. The van der Waals surface area contributed by atoms with E-state index in [0.29, 0.717) is 29.6 Å². The zero-order valence-corrected chi connectivity index (χ0v) is 14.6. The summed E-state index contributed by atoms with van der Waals surface area (Å²) in [5, 5.41) is 9.25. The van der Waals surface area contributed by atoms with Crippen molar-refractivity contribution in [2.75, 3.05) is 19.5 Å². The molecule has 0 radical (unpaired) electrons. The average molecular weight is 354 g/mol. The van der Waals surface area contributed by atoms with Crippen molar-refractivity contribution in [1.82, 2.24) is 19.7 Å². The molecule has 0 amide bonds. The fourth-order valence-corrected chi connectivity index (χ4v) is 3.19. The number of aromatic nitrogens is 4. The smallest absolute Gasteiger partial charge is 0.192 e. The van der Waals surface area contributed by atoms with Gasteiger partial charge in [-0.25, -0.2) is 0 Å². The largest absolute Gasteiger partial charge is 0.383 e. The standard InChI is InChI=1S/C18H18N4O2S/c1-24-12-11-22-17(15-7-9-19-10-8-15)20-21-18(22)25-13-16(23)14-5-3-2-4-6-14/h2-10H,11-13H2,1H3. The van der Waals surface area contributed by atoms with Crippen LogP contribution in [0.5, 0.6) is 0 Å². The topological polar surface area (TPSA) is 69.9 Å². The molecule has 0 fully saturated rings. The minimum atomic E-state index is 0.0670. The highest BCUT2D eigenvalue weighted by Gasteiger charge is 2.16. The Balaban J connectivity index is 1.79. The molecule has 2 aromatic heterocycles. The molecule has 7 heteroatoms. The van der Waals surface area contributed by atoms with Crippen LogP contribution in [0.4, 0.5) is 0 Å². The molecule has 0 saturated heterocycles. The second-order valence-electron chi connectivity index (χ2n) is 5.26. The Morgan fingerprint density at radius 3 is 2.60 bits per heavy atom. The predicted molar refractivity (Wildman–Crippen MR) is 96.6 cm³/mol. The molecule has 25 heavy (non-hydrogen) atoms. The Labute approximate surface area is 150 Å². The Bertz CT molecular complexity index is 822. The molecule has 0 bridgehead atoms. The molecule has 0 saturated carbocycles. The molecular weight excluding hydrogens is 336 g/mol. The third-order valence-electron chi connectivity index (χ3n) is 3.60. The summed E-state index contributed by atoms with van der Waals surface area (Å²) in [6.45, 7) is 1.15. The zero-order chi connectivity index (χ0) is 17.5. The van der Waals surface area contributed by atoms with Gasteiger partial charge >= 0.3 is 0 Å². The van der Waals surface area contributed by atoms with Crippen LogP contribution in [0.2, 0.25) is 0 Å². The lowest BCUT2D eigenvalue weighted by molar-refractivity contribution is 0.102. The van der Waals surface area contributed by atoms with Gasteiger partial charge < -0.3 is 4.74 Å². The van der Waals surface area contributed by atoms with Gasteiger partial charge in [0, 0.05) is 30.6 Å². The minimum Gasteiger partial charge on any atom is -0.383 e. The summed E-state index contributed by atoms with van der Waals surface area (Å²) in [5.74, 6) is 1.12. The highest BCUT2D eigenvalue weighted by atomic mass is 32.2. The number of hydrogen-bond donors (Lipinski definition) is 0. The van der Waals surface area contributed by atoms with Crippen LogP contribution in [0, 0.1) is 0 Å². The van der Waals surface area contributed by atoms with Gasteiger partial charge in [-0.05, 0) is 12.1 Å². The molecule has 1 aromatic carbocycles. The monoisotopic (exact) mass is 354 g/mol. The van der Waals surface area contributed by atoms with Crippen molar-refractivity contribution in [3.05, 3.63) is 60.4 Å². The first-order valence-corrected chi connectivity index (χ1v) is 8.81. The van der Waals surface area contributed by atoms with Crippen molar-refractivity contribution in [2.45, 2.75) is 11.7 Å². The van der Waals surface area contributed by atoms with Crippen LogP contribution in [-0.4, -0.2) is 45.0 Å². The van der Waals surface area contributed by atoms with Crippen molar-refractivity contribution < 1.29 is 9.53 Å². The van der Waals surface area contributed by atoms with E-state index in [1.807, 2.05) is 47.0 Å². The predicted octanol–water partition coefficient (Wildman–Crippen LogP) is 2.96. The molecule has 6 nitrogen and oxygen atoms in total. The lowest BCUT2D eigenvalue weighted by Gasteiger charge is -2.09. The molecule has 0 unspecified atom stereocenters. The fourth-order valence-electron chi connectivity index (χ4n) is 2.33. The first kappa shape index (κ1) is 17.3. The van der Waals surface area contributed by atoms with E-state index in [4.69, 9.17) is 4.74 Å². The van der Waals surface area contributed by atoms with E-state index in [2.05, 4.69) is 15.2 Å². The molecule has 0 aliphatic carbocycles. The van der Waals surface area contributed by atoms with Crippen LogP contribution in [0.15, 0.2) is 60.0 Å². The first-order chi connectivity index (χ1) is 12.3. The maximum Gasteiger partial charge on any atom is 0.192 e. The molecule has 0 atom stereocenters. The second kappa shape index (κ2) is 8.55. The van der Waals surface area contributed by atoms with Crippen LogP contribution < -0.4 is 0 Å². The van der Waals surface area contributed by atoms with Gasteiger partial charge in [0.2, 0.25) is 0 Å². The van der Waals surface area contributed by atoms with E-state index in [0.717, 1.165) is 11.4 Å². The van der Waals surface area contributed by atoms with Crippen LogP contribution in [0.1, 0.15) is 10.4 Å². The van der Waals surface area contributed by atoms with Crippen molar-refractivity contribution in [3.63, 3.8) is 0 Å². The number of thioether (sulfide) groups is 1. The number of ether oxygens (including phenoxy) is 1. The highest BCUT2D eigenvalue weighted by molar-refractivity contribution is 7.99. The Kier molecular flexibility index (Phi) is 5.92. The summed E-state index contributed by atoms with van der Waals surface area (Å²) in [6.07, 6.45) is 3.44. The molecule has 0 spiro atoms. The summed E-state index contributed by atoms with van der Waals surface area (Å²) in [6, 6.07) is 13.0. The van der Waals surface area contributed by atoms with E-state index in [1.165, 1.54) is 11.8 Å². The Morgan fingerprint density at radius 1 is 1.12 bits per heavy atom. The molecule has 0 aliphatic heterocycles. The summed E-state index contributed by atoms with van der Waals surface area (Å²) in [5.41, 5.74) is 1.63. The molecule has 0 aliphatic rings. The van der Waals surface area contributed by atoms with E-state index in [9.17, 15) is 4.79 Å². The van der Waals surface area contributed by atoms with Crippen molar-refractivity contribution in [1.29, 1.82) is 0 Å². The number of rotatable bonds is 8. The Morgan fingerprint density at radius 2 is 1.88 bits per heavy atom. The van der Waals surface area contributed by atoms with Crippen molar-refractivity contribution in [2.24, 2.45) is 0 Å². The van der Waals surface area contributed by atoms with Gasteiger partial charge in [0.1, 0.15) is 0 Å². The molecule has 3 aromatic rings. The highest BCUT2D eigenvalue weighted by Crippen LogP contribution is 2.24. The van der Waals surface area contributed by atoms with Crippen LogP contribution in [0.25, 0.3) is 11.4 Å². The van der Waals surface area contributed by atoms with Crippen molar-refractivity contribution in [3.8, 4) is 11.4 Å². The number of pyridine rings is 1. The quantitative estimate of drug-likeness (QED) is 0.457. The third-order valence-corrected chi connectivity index (χ3v) is 4.57. The van der Waals surface area contributed by atoms with Gasteiger partial charge in [-0.15, -0.1) is 10.2 Å². The van der Waals surface area contributed by atoms with Gasteiger partial charge in [-0.1, -0.05) is 42.1 Å². The van der Waals surface area contributed by atoms with Gasteiger partial charge in [-0.3, -0.25) is 14.3 Å². The molecule has 3 rings (SSSR count). The fraction of sp³-hybridized carbons (Fsp3) is 0.222.